The van der Waals surface area contributed by atoms with Gasteiger partial charge in [-0.05, 0) is 50.7 Å². The zero-order valence-corrected chi connectivity index (χ0v) is 17.9. The predicted octanol–water partition coefficient (Wildman–Crippen LogP) is 3.61. The van der Waals surface area contributed by atoms with Gasteiger partial charge in [-0.25, -0.2) is 0 Å². The standard InChI is InChI=1S/C22H37N3O3/c1-5-23-21(25-17-22(14-15-26-3)12-8-9-13-22)24-16-18(2)28-20-11-7-6-10-19(20)27-4/h6-7,10-11,18H,5,8-9,12-17H2,1-4H3,(H2,23,24,25). The summed E-state index contributed by atoms with van der Waals surface area (Å²) in [5, 5.41) is 6.77. The monoisotopic (exact) mass is 391 g/mol. The normalized spacial score (nSPS) is 17.2. The van der Waals surface area contributed by atoms with Gasteiger partial charge in [-0.3, -0.25) is 4.99 Å². The van der Waals surface area contributed by atoms with E-state index in [0.29, 0.717) is 6.54 Å². The molecule has 2 rings (SSSR count). The third kappa shape index (κ3) is 6.89. The van der Waals surface area contributed by atoms with Crippen molar-refractivity contribution in [2.45, 2.75) is 52.1 Å². The van der Waals surface area contributed by atoms with E-state index in [2.05, 4.69) is 17.6 Å². The summed E-state index contributed by atoms with van der Waals surface area (Å²) in [5.74, 6) is 2.35. The third-order valence-corrected chi connectivity index (χ3v) is 5.37. The maximum Gasteiger partial charge on any atom is 0.191 e. The first kappa shape index (κ1) is 22.3. The van der Waals surface area contributed by atoms with Crippen LogP contribution in [0.4, 0.5) is 0 Å². The number of methoxy groups -OCH3 is 2. The minimum atomic E-state index is -0.0194. The van der Waals surface area contributed by atoms with Gasteiger partial charge in [-0.1, -0.05) is 25.0 Å². The summed E-state index contributed by atoms with van der Waals surface area (Å²) < 4.78 is 16.7. The molecule has 1 fully saturated rings. The lowest BCUT2D eigenvalue weighted by atomic mass is 9.83. The first-order valence-electron chi connectivity index (χ1n) is 10.4. The summed E-state index contributed by atoms with van der Waals surface area (Å²) in [6.07, 6.45) is 6.15. The minimum absolute atomic E-state index is 0.0194. The fourth-order valence-electron chi connectivity index (χ4n) is 3.73. The van der Waals surface area contributed by atoms with Gasteiger partial charge in [-0.15, -0.1) is 0 Å². The Morgan fingerprint density at radius 3 is 2.50 bits per heavy atom. The van der Waals surface area contributed by atoms with Crippen LogP contribution in [0.1, 0.15) is 46.0 Å². The molecule has 1 aromatic carbocycles. The van der Waals surface area contributed by atoms with Crippen molar-refractivity contribution < 1.29 is 14.2 Å². The molecule has 0 amide bonds. The number of nitrogens with one attached hydrogen (secondary N) is 2. The Kier molecular flexibility index (Phi) is 9.41. The Morgan fingerprint density at radius 1 is 1.14 bits per heavy atom. The number of nitrogens with zero attached hydrogens (tertiary/aromatic N) is 1. The van der Waals surface area contributed by atoms with Crippen molar-refractivity contribution in [2.75, 3.05) is 40.5 Å². The number of ether oxygens (including phenoxy) is 3. The highest BCUT2D eigenvalue weighted by atomic mass is 16.5. The van der Waals surface area contributed by atoms with Gasteiger partial charge in [0.1, 0.15) is 6.10 Å². The number of rotatable bonds is 11. The van der Waals surface area contributed by atoms with Gasteiger partial charge >= 0.3 is 0 Å². The van der Waals surface area contributed by atoms with Crippen molar-refractivity contribution in [3.05, 3.63) is 24.3 Å². The topological polar surface area (TPSA) is 64.1 Å². The van der Waals surface area contributed by atoms with Crippen LogP contribution in [-0.4, -0.2) is 52.5 Å². The van der Waals surface area contributed by atoms with E-state index in [-0.39, 0.29) is 11.5 Å². The number of hydrogen-bond donors (Lipinski definition) is 2. The van der Waals surface area contributed by atoms with Crippen LogP contribution in [0.5, 0.6) is 11.5 Å². The van der Waals surface area contributed by atoms with Crippen molar-refractivity contribution in [3.63, 3.8) is 0 Å². The molecule has 1 unspecified atom stereocenters. The molecule has 0 aromatic heterocycles. The Morgan fingerprint density at radius 2 is 1.86 bits per heavy atom. The molecule has 0 aliphatic heterocycles. The molecule has 1 atom stereocenters. The zero-order valence-electron chi connectivity index (χ0n) is 17.9. The number of aliphatic imine (C=N–C) groups is 1. The molecule has 6 heteroatoms. The van der Waals surface area contributed by atoms with E-state index < -0.39 is 0 Å². The van der Waals surface area contributed by atoms with Crippen LogP contribution >= 0.6 is 0 Å². The molecule has 2 N–H and O–H groups in total. The van der Waals surface area contributed by atoms with Gasteiger partial charge in [0, 0.05) is 26.8 Å². The van der Waals surface area contributed by atoms with E-state index in [1.807, 2.05) is 31.2 Å². The summed E-state index contributed by atoms with van der Waals surface area (Å²) >= 11 is 0. The average molecular weight is 392 g/mol. The van der Waals surface area contributed by atoms with Gasteiger partial charge < -0.3 is 24.8 Å². The highest BCUT2D eigenvalue weighted by Gasteiger charge is 2.33. The Labute approximate surface area is 170 Å². The smallest absolute Gasteiger partial charge is 0.191 e. The lowest BCUT2D eigenvalue weighted by Gasteiger charge is -2.27. The molecule has 0 radical (unpaired) electrons. The van der Waals surface area contributed by atoms with Crippen molar-refractivity contribution in [1.29, 1.82) is 0 Å². The van der Waals surface area contributed by atoms with Crippen LogP contribution < -0.4 is 20.1 Å². The van der Waals surface area contributed by atoms with Crippen molar-refractivity contribution in [1.82, 2.24) is 10.6 Å². The first-order chi connectivity index (χ1) is 13.6. The number of guanidine groups is 1. The van der Waals surface area contributed by atoms with E-state index >= 15 is 0 Å². The lowest BCUT2D eigenvalue weighted by molar-refractivity contribution is 0.141. The van der Waals surface area contributed by atoms with Crippen molar-refractivity contribution in [2.24, 2.45) is 10.4 Å². The summed E-state index contributed by atoms with van der Waals surface area (Å²) in [6.45, 7) is 7.27. The van der Waals surface area contributed by atoms with E-state index in [1.54, 1.807) is 14.2 Å². The minimum Gasteiger partial charge on any atom is -0.493 e. The largest absolute Gasteiger partial charge is 0.493 e. The molecular formula is C22H37N3O3. The van der Waals surface area contributed by atoms with Crippen molar-refractivity contribution in [3.8, 4) is 11.5 Å². The SMILES string of the molecule is CCNC(=NCC1(CCOC)CCCC1)NCC(C)Oc1ccccc1OC. The molecule has 0 spiro atoms. The fourth-order valence-corrected chi connectivity index (χ4v) is 3.73. The van der Waals surface area contributed by atoms with E-state index in [0.717, 1.165) is 43.6 Å². The Balaban J connectivity index is 1.91. The number of hydrogen-bond acceptors (Lipinski definition) is 4. The van der Waals surface area contributed by atoms with Gasteiger partial charge in [0.05, 0.1) is 13.7 Å². The molecule has 0 saturated heterocycles. The third-order valence-electron chi connectivity index (χ3n) is 5.37. The Bertz CT molecular complexity index is 600. The second kappa shape index (κ2) is 11.8. The van der Waals surface area contributed by atoms with E-state index in [1.165, 1.54) is 25.7 Å². The van der Waals surface area contributed by atoms with Crippen LogP contribution in [0.3, 0.4) is 0 Å². The first-order valence-corrected chi connectivity index (χ1v) is 10.4. The molecule has 0 heterocycles. The van der Waals surface area contributed by atoms with E-state index in [9.17, 15) is 0 Å². The van der Waals surface area contributed by atoms with Crippen LogP contribution in [-0.2, 0) is 4.74 Å². The molecule has 1 aliphatic rings. The van der Waals surface area contributed by atoms with Gasteiger partial charge in [0.15, 0.2) is 17.5 Å². The molecule has 1 aromatic rings. The van der Waals surface area contributed by atoms with Crippen LogP contribution in [0, 0.1) is 5.41 Å². The Hall–Kier alpha value is -1.95. The molecular weight excluding hydrogens is 354 g/mol. The lowest BCUT2D eigenvalue weighted by Crippen LogP contribution is -2.42. The second-order valence-electron chi connectivity index (χ2n) is 7.61. The summed E-state index contributed by atoms with van der Waals surface area (Å²) in [5.41, 5.74) is 0.290. The zero-order chi connectivity index (χ0) is 20.2. The van der Waals surface area contributed by atoms with Crippen LogP contribution in [0.2, 0.25) is 0 Å². The van der Waals surface area contributed by atoms with Gasteiger partial charge in [-0.2, -0.15) is 0 Å². The maximum atomic E-state index is 6.03. The maximum absolute atomic E-state index is 6.03. The molecule has 1 saturated carbocycles. The van der Waals surface area contributed by atoms with Crippen LogP contribution in [0.25, 0.3) is 0 Å². The summed E-state index contributed by atoms with van der Waals surface area (Å²) in [7, 11) is 3.43. The van der Waals surface area contributed by atoms with E-state index in [4.69, 9.17) is 19.2 Å². The molecule has 158 valence electrons. The number of benzene rings is 1. The molecule has 28 heavy (non-hydrogen) atoms. The molecule has 0 bridgehead atoms. The highest BCUT2D eigenvalue weighted by Crippen LogP contribution is 2.41. The molecule has 6 nitrogen and oxygen atoms in total. The average Bonchev–Trinajstić information content (AvgIpc) is 3.18. The van der Waals surface area contributed by atoms with Gasteiger partial charge in [0.25, 0.3) is 0 Å². The fraction of sp³-hybridized carbons (Fsp3) is 0.682. The molecule has 1 aliphatic carbocycles. The van der Waals surface area contributed by atoms with Crippen molar-refractivity contribution >= 4 is 5.96 Å². The number of para-hydroxylation sites is 2. The quantitative estimate of drug-likeness (QED) is 0.446. The summed E-state index contributed by atoms with van der Waals surface area (Å²) in [4.78, 5) is 4.89. The van der Waals surface area contributed by atoms with Crippen LogP contribution in [0.15, 0.2) is 29.3 Å². The van der Waals surface area contributed by atoms with Gasteiger partial charge in [0.2, 0.25) is 0 Å². The highest BCUT2D eigenvalue weighted by molar-refractivity contribution is 5.79. The predicted molar refractivity (Wildman–Crippen MR) is 114 cm³/mol. The summed E-state index contributed by atoms with van der Waals surface area (Å²) in [6, 6.07) is 7.72. The second-order valence-corrected chi connectivity index (χ2v) is 7.61.